The number of hydrogen-bond acceptors (Lipinski definition) is 4. The van der Waals surface area contributed by atoms with Crippen LogP contribution in [0.15, 0.2) is 59.5 Å². The number of hydrogen-bond donors (Lipinski definition) is 0. The summed E-state index contributed by atoms with van der Waals surface area (Å²) in [6.45, 7) is 5.98. The molecule has 7 heteroatoms. The maximum Gasteiger partial charge on any atom is 0.350 e. The van der Waals surface area contributed by atoms with E-state index in [0.717, 1.165) is 24.1 Å². The van der Waals surface area contributed by atoms with Gasteiger partial charge in [0.25, 0.3) is 0 Å². The van der Waals surface area contributed by atoms with Crippen molar-refractivity contribution in [2.75, 3.05) is 6.61 Å². The second-order valence-corrected chi connectivity index (χ2v) is 10.2. The number of carbonyl (C=O) groups is 1. The number of ether oxygens (including phenoxy) is 1. The Morgan fingerprint density at radius 2 is 1.58 bits per heavy atom. The molecule has 0 radical (unpaired) electrons. The first-order valence-electron chi connectivity index (χ1n) is 10.5. The molecule has 31 heavy (non-hydrogen) atoms. The number of carbonyl (C=O) groups excluding carboxylic acids is 1. The van der Waals surface area contributed by atoms with Crippen molar-refractivity contribution in [3.05, 3.63) is 65.7 Å². The number of rotatable bonds is 11. The van der Waals surface area contributed by atoms with Crippen LogP contribution >= 0.6 is 0 Å². The lowest BCUT2D eigenvalue weighted by atomic mass is 9.97. The van der Waals surface area contributed by atoms with Crippen LogP contribution in [0.1, 0.15) is 57.1 Å². The second kappa shape index (κ2) is 10.8. The van der Waals surface area contributed by atoms with Crippen LogP contribution in [0.2, 0.25) is 0 Å². The van der Waals surface area contributed by atoms with Crippen LogP contribution in [-0.2, 0) is 25.8 Å². The van der Waals surface area contributed by atoms with Crippen molar-refractivity contribution in [3.63, 3.8) is 0 Å². The number of alkyl halides is 2. The lowest BCUT2D eigenvalue weighted by Gasteiger charge is -2.17. The summed E-state index contributed by atoms with van der Waals surface area (Å²) >= 11 is 0. The van der Waals surface area contributed by atoms with Gasteiger partial charge in [0.05, 0.1) is 17.4 Å². The monoisotopic (exact) mass is 452 g/mol. The molecule has 0 spiro atoms. The van der Waals surface area contributed by atoms with Gasteiger partial charge in [0.2, 0.25) is 9.84 Å². The molecule has 0 heterocycles. The minimum absolute atomic E-state index is 0.0317. The largest absolute Gasteiger partial charge is 0.465 e. The molecule has 0 N–H and O–H groups in total. The maximum absolute atomic E-state index is 14.2. The van der Waals surface area contributed by atoms with Crippen molar-refractivity contribution in [1.29, 1.82) is 0 Å². The van der Waals surface area contributed by atoms with Crippen LogP contribution in [-0.4, -0.2) is 26.2 Å². The summed E-state index contributed by atoms with van der Waals surface area (Å²) < 4.78 is 57.9. The molecule has 1 atom stereocenters. The molecule has 0 saturated heterocycles. The van der Waals surface area contributed by atoms with E-state index < -0.39 is 38.3 Å². The Morgan fingerprint density at radius 1 is 0.968 bits per heavy atom. The zero-order valence-electron chi connectivity index (χ0n) is 18.2. The zero-order valence-corrected chi connectivity index (χ0v) is 19.0. The highest BCUT2D eigenvalue weighted by Crippen LogP contribution is 2.33. The molecule has 0 bridgehead atoms. The summed E-state index contributed by atoms with van der Waals surface area (Å²) in [5, 5.41) is -3.87. The molecule has 2 rings (SSSR count). The molecule has 0 aliphatic carbocycles. The highest BCUT2D eigenvalue weighted by atomic mass is 32.2. The van der Waals surface area contributed by atoms with E-state index in [-0.39, 0.29) is 19.4 Å². The predicted octanol–water partition coefficient (Wildman–Crippen LogP) is 5.77. The average Bonchev–Trinajstić information content (AvgIpc) is 2.73. The van der Waals surface area contributed by atoms with E-state index in [4.69, 9.17) is 4.74 Å². The van der Waals surface area contributed by atoms with Crippen LogP contribution in [0.3, 0.4) is 0 Å². The number of esters is 1. The molecular formula is C24H30F2O4S. The second-order valence-electron chi connectivity index (χ2n) is 8.14. The minimum atomic E-state index is -4.74. The van der Waals surface area contributed by atoms with E-state index in [0.29, 0.717) is 5.92 Å². The fourth-order valence-electron chi connectivity index (χ4n) is 3.19. The number of benzene rings is 2. The topological polar surface area (TPSA) is 60.4 Å². The van der Waals surface area contributed by atoms with E-state index in [1.54, 1.807) is 13.0 Å². The number of sulfone groups is 1. The summed E-state index contributed by atoms with van der Waals surface area (Å²) in [7, 11) is -4.74. The van der Waals surface area contributed by atoms with Gasteiger partial charge in [0, 0.05) is 6.42 Å². The van der Waals surface area contributed by atoms with Crippen LogP contribution in [0, 0.1) is 5.92 Å². The zero-order chi connectivity index (χ0) is 23.1. The third-order valence-electron chi connectivity index (χ3n) is 5.03. The molecule has 170 valence electrons. The summed E-state index contributed by atoms with van der Waals surface area (Å²) in [5.41, 5.74) is 2.03. The van der Waals surface area contributed by atoms with Crippen LogP contribution in [0.4, 0.5) is 8.78 Å². The Kier molecular flexibility index (Phi) is 8.74. The molecule has 0 aromatic heterocycles. The van der Waals surface area contributed by atoms with Gasteiger partial charge in [-0.3, -0.25) is 4.79 Å². The third-order valence-corrected chi connectivity index (χ3v) is 6.91. The highest BCUT2D eigenvalue weighted by molar-refractivity contribution is 7.92. The molecular weight excluding hydrogens is 422 g/mol. The fraction of sp³-hybridized carbons (Fsp3) is 0.458. The lowest BCUT2D eigenvalue weighted by Crippen LogP contribution is -2.29. The van der Waals surface area contributed by atoms with Gasteiger partial charge in [0.15, 0.2) is 0 Å². The Morgan fingerprint density at radius 3 is 2.16 bits per heavy atom. The summed E-state index contributed by atoms with van der Waals surface area (Å²) in [4.78, 5) is 11.8. The van der Waals surface area contributed by atoms with E-state index in [2.05, 4.69) is 13.8 Å². The Hall–Kier alpha value is -2.28. The smallest absolute Gasteiger partial charge is 0.350 e. The Balaban J connectivity index is 1.79. The minimum Gasteiger partial charge on any atom is -0.465 e. The number of halogens is 2. The van der Waals surface area contributed by atoms with Gasteiger partial charge in [-0.1, -0.05) is 56.3 Å². The normalized spacial score (nSPS) is 13.2. The van der Waals surface area contributed by atoms with Crippen molar-refractivity contribution in [3.8, 4) is 0 Å². The van der Waals surface area contributed by atoms with Gasteiger partial charge in [-0.2, -0.15) is 8.78 Å². The third kappa shape index (κ3) is 6.86. The first-order chi connectivity index (χ1) is 14.5. The SMILES string of the molecule is CC(C)Cc1ccc(C(C)C(=O)OCCCCC(F)(F)S(=O)(=O)c2ccccc2)cc1. The fourth-order valence-corrected chi connectivity index (χ4v) is 4.46. The first-order valence-corrected chi connectivity index (χ1v) is 12.0. The van der Waals surface area contributed by atoms with Gasteiger partial charge < -0.3 is 4.74 Å². The summed E-state index contributed by atoms with van der Waals surface area (Å²) in [6.07, 6.45) is 0.217. The van der Waals surface area contributed by atoms with E-state index in [9.17, 15) is 22.0 Å². The molecule has 0 amide bonds. The Labute approximate surface area is 183 Å². The van der Waals surface area contributed by atoms with Crippen molar-refractivity contribution >= 4 is 15.8 Å². The average molecular weight is 453 g/mol. The van der Waals surface area contributed by atoms with Crippen LogP contribution in [0.5, 0.6) is 0 Å². The highest BCUT2D eigenvalue weighted by Gasteiger charge is 2.45. The molecule has 0 saturated carbocycles. The van der Waals surface area contributed by atoms with Crippen molar-refractivity contribution in [1.82, 2.24) is 0 Å². The van der Waals surface area contributed by atoms with Gasteiger partial charge in [-0.25, -0.2) is 8.42 Å². The molecule has 1 unspecified atom stereocenters. The van der Waals surface area contributed by atoms with Crippen molar-refractivity contribution in [2.45, 2.75) is 62.5 Å². The Bertz CT molecular complexity index is 939. The van der Waals surface area contributed by atoms with Crippen LogP contribution in [0.25, 0.3) is 0 Å². The summed E-state index contributed by atoms with van der Waals surface area (Å²) in [6, 6.07) is 14.5. The molecule has 2 aromatic carbocycles. The van der Waals surface area contributed by atoms with E-state index >= 15 is 0 Å². The van der Waals surface area contributed by atoms with Gasteiger partial charge in [0.1, 0.15) is 0 Å². The lowest BCUT2D eigenvalue weighted by molar-refractivity contribution is -0.145. The molecule has 0 fully saturated rings. The molecule has 0 aliphatic heterocycles. The molecule has 4 nitrogen and oxygen atoms in total. The molecule has 2 aromatic rings. The van der Waals surface area contributed by atoms with Gasteiger partial charge >= 0.3 is 11.2 Å². The van der Waals surface area contributed by atoms with Crippen molar-refractivity contribution < 1.29 is 26.7 Å². The van der Waals surface area contributed by atoms with Crippen molar-refractivity contribution in [2.24, 2.45) is 5.92 Å². The number of unbranched alkanes of at least 4 members (excludes halogenated alkanes) is 1. The van der Waals surface area contributed by atoms with Crippen LogP contribution < -0.4 is 0 Å². The maximum atomic E-state index is 14.2. The predicted molar refractivity (Wildman–Crippen MR) is 117 cm³/mol. The summed E-state index contributed by atoms with van der Waals surface area (Å²) in [5.74, 6) is -0.350. The van der Waals surface area contributed by atoms with Gasteiger partial charge in [-0.15, -0.1) is 0 Å². The van der Waals surface area contributed by atoms with E-state index in [1.165, 1.54) is 17.7 Å². The standard InChI is InChI=1S/C24H30F2O4S/c1-18(2)17-20-11-13-21(14-12-20)19(3)23(27)30-16-8-7-15-24(25,26)31(28,29)22-9-5-4-6-10-22/h4-6,9-14,18-19H,7-8,15-17H2,1-3H3. The van der Waals surface area contributed by atoms with Gasteiger partial charge in [-0.05, 0) is 55.4 Å². The quantitative estimate of drug-likeness (QED) is 0.321. The molecule has 0 aliphatic rings. The van der Waals surface area contributed by atoms with E-state index in [1.807, 2.05) is 24.3 Å². The first kappa shape index (κ1) is 25.0.